The van der Waals surface area contributed by atoms with Gasteiger partial charge in [0.2, 0.25) is 0 Å². The second-order valence-electron chi connectivity index (χ2n) is 5.78. The standard InChI is InChI=1S/C14H27NO/c1-16-12-4-11-15-13-5-9-14(10-6-13)7-2-3-8-14/h13,15H,2-12H2,1H3. The molecule has 1 spiro atoms. The van der Waals surface area contributed by atoms with E-state index in [2.05, 4.69) is 5.32 Å². The average Bonchev–Trinajstić information content (AvgIpc) is 2.76. The second-order valence-corrected chi connectivity index (χ2v) is 5.78. The topological polar surface area (TPSA) is 21.3 Å². The Morgan fingerprint density at radius 1 is 1.12 bits per heavy atom. The van der Waals surface area contributed by atoms with Crippen molar-refractivity contribution in [1.29, 1.82) is 0 Å². The summed E-state index contributed by atoms with van der Waals surface area (Å²) < 4.78 is 5.07. The van der Waals surface area contributed by atoms with Crippen molar-refractivity contribution in [2.24, 2.45) is 5.41 Å². The van der Waals surface area contributed by atoms with Crippen LogP contribution in [-0.4, -0.2) is 26.3 Å². The second kappa shape index (κ2) is 6.02. The van der Waals surface area contributed by atoms with Gasteiger partial charge in [-0.3, -0.25) is 0 Å². The highest BCUT2D eigenvalue weighted by Gasteiger charge is 2.37. The highest BCUT2D eigenvalue weighted by molar-refractivity contribution is 4.91. The number of nitrogens with one attached hydrogen (secondary N) is 1. The number of ether oxygens (including phenoxy) is 1. The molecule has 0 amide bonds. The first-order valence-corrected chi connectivity index (χ1v) is 7.07. The number of hydrogen-bond acceptors (Lipinski definition) is 2. The van der Waals surface area contributed by atoms with Gasteiger partial charge in [-0.1, -0.05) is 12.8 Å². The maximum Gasteiger partial charge on any atom is 0.0474 e. The van der Waals surface area contributed by atoms with Crippen LogP contribution in [0.3, 0.4) is 0 Å². The van der Waals surface area contributed by atoms with Gasteiger partial charge in [0.15, 0.2) is 0 Å². The Morgan fingerprint density at radius 3 is 2.44 bits per heavy atom. The van der Waals surface area contributed by atoms with Gasteiger partial charge in [-0.15, -0.1) is 0 Å². The summed E-state index contributed by atoms with van der Waals surface area (Å²) in [4.78, 5) is 0. The minimum atomic E-state index is 0.782. The molecule has 1 N–H and O–H groups in total. The summed E-state index contributed by atoms with van der Waals surface area (Å²) in [5, 5.41) is 3.68. The smallest absolute Gasteiger partial charge is 0.0474 e. The van der Waals surface area contributed by atoms with Crippen molar-refractivity contribution < 1.29 is 4.74 Å². The van der Waals surface area contributed by atoms with E-state index < -0.39 is 0 Å². The molecule has 0 heterocycles. The molecule has 2 heteroatoms. The third kappa shape index (κ3) is 3.21. The Labute approximate surface area is 100 Å². The third-order valence-corrected chi connectivity index (χ3v) is 4.67. The van der Waals surface area contributed by atoms with Crippen molar-refractivity contribution >= 4 is 0 Å². The predicted octanol–water partition coefficient (Wildman–Crippen LogP) is 3.12. The van der Waals surface area contributed by atoms with Gasteiger partial charge >= 0.3 is 0 Å². The fraction of sp³-hybridized carbons (Fsp3) is 1.00. The molecule has 2 nitrogen and oxygen atoms in total. The zero-order valence-corrected chi connectivity index (χ0v) is 10.8. The summed E-state index contributed by atoms with van der Waals surface area (Å²) in [6.45, 7) is 2.02. The number of methoxy groups -OCH3 is 1. The first-order chi connectivity index (χ1) is 7.85. The lowest BCUT2D eigenvalue weighted by atomic mass is 9.71. The highest BCUT2D eigenvalue weighted by atomic mass is 16.5. The molecule has 0 aromatic heterocycles. The molecule has 0 aromatic carbocycles. The molecular formula is C14H27NO. The molecule has 0 saturated heterocycles. The molecule has 2 saturated carbocycles. The van der Waals surface area contributed by atoms with E-state index in [1.807, 2.05) is 0 Å². The predicted molar refractivity (Wildman–Crippen MR) is 67.7 cm³/mol. The van der Waals surface area contributed by atoms with E-state index in [0.29, 0.717) is 0 Å². The van der Waals surface area contributed by atoms with Crippen LogP contribution in [0.5, 0.6) is 0 Å². The Morgan fingerprint density at radius 2 is 1.81 bits per heavy atom. The van der Waals surface area contributed by atoms with Gasteiger partial charge in [0.1, 0.15) is 0 Å². The first kappa shape index (κ1) is 12.4. The van der Waals surface area contributed by atoms with Crippen LogP contribution < -0.4 is 5.32 Å². The quantitative estimate of drug-likeness (QED) is 0.726. The molecule has 2 rings (SSSR count). The Hall–Kier alpha value is -0.0800. The largest absolute Gasteiger partial charge is 0.385 e. The fourth-order valence-corrected chi connectivity index (χ4v) is 3.58. The fourth-order valence-electron chi connectivity index (χ4n) is 3.58. The Bertz CT molecular complexity index is 189. The third-order valence-electron chi connectivity index (χ3n) is 4.67. The van der Waals surface area contributed by atoms with E-state index in [4.69, 9.17) is 4.74 Å². The van der Waals surface area contributed by atoms with Crippen LogP contribution in [0.1, 0.15) is 57.8 Å². The van der Waals surface area contributed by atoms with E-state index in [-0.39, 0.29) is 0 Å². The monoisotopic (exact) mass is 225 g/mol. The van der Waals surface area contributed by atoms with Gasteiger partial charge in [0.25, 0.3) is 0 Å². The van der Waals surface area contributed by atoms with E-state index >= 15 is 0 Å². The molecule has 2 aliphatic rings. The molecule has 2 aliphatic carbocycles. The lowest BCUT2D eigenvalue weighted by molar-refractivity contribution is 0.162. The molecule has 0 radical (unpaired) electrons. The van der Waals surface area contributed by atoms with Crippen LogP contribution in [0.2, 0.25) is 0 Å². The lowest BCUT2D eigenvalue weighted by Gasteiger charge is -2.37. The molecule has 0 aromatic rings. The van der Waals surface area contributed by atoms with Crippen LogP contribution >= 0.6 is 0 Å². The molecule has 0 bridgehead atoms. The van der Waals surface area contributed by atoms with Crippen LogP contribution in [0.25, 0.3) is 0 Å². The molecule has 0 unspecified atom stereocenters. The van der Waals surface area contributed by atoms with Gasteiger partial charge < -0.3 is 10.1 Å². The van der Waals surface area contributed by atoms with Crippen molar-refractivity contribution in [3.8, 4) is 0 Å². The van der Waals surface area contributed by atoms with Gasteiger partial charge in [-0.2, -0.15) is 0 Å². The van der Waals surface area contributed by atoms with Gasteiger partial charge in [0.05, 0.1) is 0 Å². The molecule has 94 valence electrons. The van der Waals surface area contributed by atoms with Crippen molar-refractivity contribution in [1.82, 2.24) is 5.32 Å². The Kier molecular flexibility index (Phi) is 4.66. The van der Waals surface area contributed by atoms with Gasteiger partial charge in [-0.05, 0) is 56.9 Å². The van der Waals surface area contributed by atoms with Crippen molar-refractivity contribution in [3.05, 3.63) is 0 Å². The van der Waals surface area contributed by atoms with E-state index in [0.717, 1.165) is 31.0 Å². The maximum atomic E-state index is 5.07. The Balaban J connectivity index is 1.61. The maximum absolute atomic E-state index is 5.07. The summed E-state index contributed by atoms with van der Waals surface area (Å²) in [6, 6.07) is 0.795. The molecule has 2 fully saturated rings. The number of rotatable bonds is 5. The number of hydrogen-bond donors (Lipinski definition) is 1. The minimum absolute atomic E-state index is 0.782. The summed E-state index contributed by atoms with van der Waals surface area (Å²) in [7, 11) is 1.78. The van der Waals surface area contributed by atoms with E-state index in [1.54, 1.807) is 7.11 Å². The van der Waals surface area contributed by atoms with Crippen molar-refractivity contribution in [2.75, 3.05) is 20.3 Å². The lowest BCUT2D eigenvalue weighted by Crippen LogP contribution is -2.37. The SMILES string of the molecule is COCCCNC1CCC2(CCCC2)CC1. The van der Waals surface area contributed by atoms with Crippen LogP contribution in [-0.2, 0) is 4.74 Å². The summed E-state index contributed by atoms with van der Waals surface area (Å²) in [6.07, 6.45) is 13.0. The molecule has 0 aliphatic heterocycles. The van der Waals surface area contributed by atoms with E-state index in [1.165, 1.54) is 51.4 Å². The molecule has 0 atom stereocenters. The van der Waals surface area contributed by atoms with Gasteiger partial charge in [-0.25, -0.2) is 0 Å². The highest BCUT2D eigenvalue weighted by Crippen LogP contribution is 2.48. The summed E-state index contributed by atoms with van der Waals surface area (Å²) in [5.41, 5.74) is 0.782. The summed E-state index contributed by atoms with van der Waals surface area (Å²) in [5.74, 6) is 0. The molecular weight excluding hydrogens is 198 g/mol. The van der Waals surface area contributed by atoms with Crippen LogP contribution in [0.15, 0.2) is 0 Å². The normalized spacial score (nSPS) is 25.3. The van der Waals surface area contributed by atoms with Crippen molar-refractivity contribution in [2.45, 2.75) is 63.8 Å². The van der Waals surface area contributed by atoms with Crippen molar-refractivity contribution in [3.63, 3.8) is 0 Å². The van der Waals surface area contributed by atoms with Gasteiger partial charge in [0, 0.05) is 19.8 Å². The zero-order chi connectivity index (χ0) is 11.3. The minimum Gasteiger partial charge on any atom is -0.385 e. The molecule has 16 heavy (non-hydrogen) atoms. The first-order valence-electron chi connectivity index (χ1n) is 7.07. The average molecular weight is 225 g/mol. The summed E-state index contributed by atoms with van der Waals surface area (Å²) >= 11 is 0. The van der Waals surface area contributed by atoms with E-state index in [9.17, 15) is 0 Å². The van der Waals surface area contributed by atoms with Crippen LogP contribution in [0, 0.1) is 5.41 Å². The zero-order valence-electron chi connectivity index (χ0n) is 10.8. The van der Waals surface area contributed by atoms with Crippen LogP contribution in [0.4, 0.5) is 0 Å².